The number of hydrogen-bond donors (Lipinski definition) is 1. The van der Waals surface area contributed by atoms with Crippen LogP contribution < -0.4 is 0 Å². The molecule has 1 saturated carbocycles. The second kappa shape index (κ2) is 6.42. The summed E-state index contributed by atoms with van der Waals surface area (Å²) in [6.45, 7) is 13.1. The lowest BCUT2D eigenvalue weighted by atomic mass is 9.46. The molecule has 0 spiro atoms. The van der Waals surface area contributed by atoms with Gasteiger partial charge in [0.2, 0.25) is 0 Å². The Hall–Kier alpha value is -0.800. The van der Waals surface area contributed by atoms with E-state index in [4.69, 9.17) is 16.3 Å². The molecule has 1 N–H and O–H groups in total. The summed E-state index contributed by atoms with van der Waals surface area (Å²) in [5, 5.41) is 10.5. The average Bonchev–Trinajstić information content (AvgIpc) is 2.93. The number of cyclic esters (lactones) is 1. The van der Waals surface area contributed by atoms with E-state index in [-0.39, 0.29) is 34.0 Å². The van der Waals surface area contributed by atoms with Gasteiger partial charge in [0.25, 0.3) is 0 Å². The first-order chi connectivity index (χ1) is 11.6. The summed E-state index contributed by atoms with van der Waals surface area (Å²) in [6.07, 6.45) is 5.00. The summed E-state index contributed by atoms with van der Waals surface area (Å²) >= 11 is 6.79. The summed E-state index contributed by atoms with van der Waals surface area (Å²) in [5.74, 6) is 0.346. The molecule has 0 aromatic rings. The number of carbonyl (C=O) groups is 1. The van der Waals surface area contributed by atoms with Gasteiger partial charge >= 0.3 is 5.97 Å². The molecule has 2 aliphatic carbocycles. The number of aliphatic hydroxyl groups is 1. The molecule has 7 atom stereocenters. The minimum Gasteiger partial charge on any atom is -0.461 e. The van der Waals surface area contributed by atoms with E-state index in [1.54, 1.807) is 0 Å². The predicted molar refractivity (Wildman–Crippen MR) is 100 cm³/mol. The van der Waals surface area contributed by atoms with Gasteiger partial charge in [-0.05, 0) is 60.8 Å². The van der Waals surface area contributed by atoms with Gasteiger partial charge in [-0.2, -0.15) is 0 Å². The van der Waals surface area contributed by atoms with E-state index in [0.29, 0.717) is 18.9 Å². The smallest absolute Gasteiger partial charge is 0.314 e. The number of allylic oxidation sites excluding steroid dienone is 2. The van der Waals surface area contributed by atoms with E-state index in [2.05, 4.69) is 40.3 Å². The standard InChI is InChI=1S/C21H31ClO3/c1-12(2)13(3)8-9-20(4)16-7-6-14-11-25-19(24)17(14)21(16,5)10-15(23)18(20)22/h6,13,15-18,23H,1,7-11H2,2-5H3/t13-,15-,16-,17-,18-,20+,21-/m0/s1. The molecule has 0 unspecified atom stereocenters. The number of hydrogen-bond acceptors (Lipinski definition) is 3. The Bertz CT molecular complexity index is 612. The van der Waals surface area contributed by atoms with Crippen LogP contribution in [-0.2, 0) is 9.53 Å². The molecule has 1 heterocycles. The van der Waals surface area contributed by atoms with Crippen molar-refractivity contribution in [3.05, 3.63) is 23.8 Å². The van der Waals surface area contributed by atoms with Crippen molar-refractivity contribution in [3.63, 3.8) is 0 Å². The molecule has 0 radical (unpaired) electrons. The molecular weight excluding hydrogens is 336 g/mol. The number of rotatable bonds is 4. The largest absolute Gasteiger partial charge is 0.461 e. The number of alkyl halides is 1. The summed E-state index contributed by atoms with van der Waals surface area (Å²) < 4.78 is 5.34. The maximum atomic E-state index is 12.4. The minimum absolute atomic E-state index is 0.128. The van der Waals surface area contributed by atoms with Crippen LogP contribution in [0.3, 0.4) is 0 Å². The van der Waals surface area contributed by atoms with Crippen LogP contribution in [-0.4, -0.2) is 29.2 Å². The van der Waals surface area contributed by atoms with Crippen LogP contribution in [0, 0.1) is 28.6 Å². The SMILES string of the molecule is C=C(C)[C@@H](C)CC[C@]1(C)[C@@H]2CC=C3COC(=O)[C@H]3[C@@]2(C)C[C@H](O)[C@@H]1Cl. The maximum Gasteiger partial charge on any atom is 0.314 e. The third-order valence-corrected chi connectivity index (χ3v) is 8.22. The summed E-state index contributed by atoms with van der Waals surface area (Å²) in [5.41, 5.74) is 1.77. The molecule has 3 rings (SSSR count). The van der Waals surface area contributed by atoms with E-state index in [1.165, 1.54) is 5.57 Å². The molecule has 3 nitrogen and oxygen atoms in total. The first kappa shape index (κ1) is 19.0. The molecule has 25 heavy (non-hydrogen) atoms. The zero-order valence-corrected chi connectivity index (χ0v) is 16.6. The molecule has 2 fully saturated rings. The highest BCUT2D eigenvalue weighted by atomic mass is 35.5. The zero-order valence-electron chi connectivity index (χ0n) is 15.8. The van der Waals surface area contributed by atoms with Crippen LogP contribution in [0.15, 0.2) is 23.8 Å². The number of carbonyl (C=O) groups excluding carboxylic acids is 1. The third kappa shape index (κ3) is 2.88. The van der Waals surface area contributed by atoms with Crippen molar-refractivity contribution < 1.29 is 14.6 Å². The summed E-state index contributed by atoms with van der Waals surface area (Å²) in [6, 6.07) is 0. The molecule has 0 bridgehead atoms. The van der Waals surface area contributed by atoms with Gasteiger partial charge in [-0.15, -0.1) is 11.6 Å². The Morgan fingerprint density at radius 2 is 2.20 bits per heavy atom. The molecule has 0 aromatic heterocycles. The van der Waals surface area contributed by atoms with Crippen molar-refractivity contribution in [1.82, 2.24) is 0 Å². The predicted octanol–water partition coefficient (Wildman–Crippen LogP) is 4.48. The Morgan fingerprint density at radius 3 is 2.84 bits per heavy atom. The highest BCUT2D eigenvalue weighted by molar-refractivity contribution is 6.21. The van der Waals surface area contributed by atoms with E-state index < -0.39 is 6.10 Å². The summed E-state index contributed by atoms with van der Waals surface area (Å²) in [4.78, 5) is 12.4. The number of esters is 1. The second-order valence-corrected chi connectivity index (χ2v) is 9.55. The van der Waals surface area contributed by atoms with E-state index in [9.17, 15) is 9.90 Å². The monoisotopic (exact) mass is 366 g/mol. The van der Waals surface area contributed by atoms with Gasteiger partial charge in [0.05, 0.1) is 17.4 Å². The molecule has 0 aromatic carbocycles. The number of aliphatic hydroxyl groups excluding tert-OH is 1. The lowest BCUT2D eigenvalue weighted by Gasteiger charge is -2.59. The molecule has 0 amide bonds. The van der Waals surface area contributed by atoms with Crippen LogP contribution >= 0.6 is 11.6 Å². The molecular formula is C21H31ClO3. The quantitative estimate of drug-likeness (QED) is 0.453. The molecule has 3 aliphatic rings. The maximum absolute atomic E-state index is 12.4. The number of fused-ring (bicyclic) bond motifs is 3. The Balaban J connectivity index is 1.95. The molecule has 140 valence electrons. The van der Waals surface area contributed by atoms with Crippen LogP contribution in [0.5, 0.6) is 0 Å². The molecule has 1 aliphatic heterocycles. The second-order valence-electron chi connectivity index (χ2n) is 9.08. The normalized spacial score (nSPS) is 44.4. The topological polar surface area (TPSA) is 46.5 Å². The highest BCUT2D eigenvalue weighted by Crippen LogP contribution is 2.63. The first-order valence-corrected chi connectivity index (χ1v) is 9.88. The van der Waals surface area contributed by atoms with Gasteiger partial charge in [-0.25, -0.2) is 0 Å². The Morgan fingerprint density at radius 1 is 1.52 bits per heavy atom. The number of halogens is 1. The highest BCUT2D eigenvalue weighted by Gasteiger charge is 2.62. The van der Waals surface area contributed by atoms with Gasteiger partial charge < -0.3 is 9.84 Å². The van der Waals surface area contributed by atoms with Gasteiger partial charge in [-0.1, -0.05) is 39.0 Å². The fourth-order valence-corrected chi connectivity index (χ4v) is 5.99. The number of ether oxygens (including phenoxy) is 1. The first-order valence-electron chi connectivity index (χ1n) is 9.44. The van der Waals surface area contributed by atoms with Crippen molar-refractivity contribution >= 4 is 17.6 Å². The van der Waals surface area contributed by atoms with Crippen LogP contribution in [0.25, 0.3) is 0 Å². The van der Waals surface area contributed by atoms with Gasteiger partial charge in [0, 0.05) is 0 Å². The average molecular weight is 367 g/mol. The van der Waals surface area contributed by atoms with Crippen LogP contribution in [0.1, 0.15) is 53.4 Å². The summed E-state index contributed by atoms with van der Waals surface area (Å²) in [7, 11) is 0. The van der Waals surface area contributed by atoms with Crippen molar-refractivity contribution in [1.29, 1.82) is 0 Å². The zero-order chi connectivity index (χ0) is 18.6. The van der Waals surface area contributed by atoms with Crippen LogP contribution in [0.4, 0.5) is 0 Å². The third-order valence-electron chi connectivity index (χ3n) is 7.43. The van der Waals surface area contributed by atoms with Gasteiger partial charge in [0.15, 0.2) is 0 Å². The fraction of sp³-hybridized carbons (Fsp3) is 0.762. The molecule has 4 heteroatoms. The lowest BCUT2D eigenvalue weighted by Crippen LogP contribution is -2.59. The van der Waals surface area contributed by atoms with Crippen LogP contribution in [0.2, 0.25) is 0 Å². The fourth-order valence-electron chi connectivity index (χ4n) is 5.64. The van der Waals surface area contributed by atoms with Gasteiger partial charge in [0.1, 0.15) is 6.61 Å². The van der Waals surface area contributed by atoms with E-state index in [0.717, 1.165) is 24.8 Å². The van der Waals surface area contributed by atoms with E-state index >= 15 is 0 Å². The van der Waals surface area contributed by atoms with Gasteiger partial charge in [-0.3, -0.25) is 4.79 Å². The van der Waals surface area contributed by atoms with Crippen molar-refractivity contribution in [2.75, 3.05) is 6.61 Å². The molecule has 1 saturated heterocycles. The lowest BCUT2D eigenvalue weighted by molar-refractivity contribution is -0.153. The van der Waals surface area contributed by atoms with Crippen molar-refractivity contribution in [2.24, 2.45) is 28.6 Å². The van der Waals surface area contributed by atoms with Crippen molar-refractivity contribution in [3.8, 4) is 0 Å². The van der Waals surface area contributed by atoms with Crippen molar-refractivity contribution in [2.45, 2.75) is 64.9 Å². The Kier molecular flexibility index (Phi) is 4.87. The minimum atomic E-state index is -0.596. The Labute approximate surface area is 156 Å². The van der Waals surface area contributed by atoms with E-state index in [1.807, 2.05) is 0 Å².